The van der Waals surface area contributed by atoms with Crippen molar-refractivity contribution in [2.45, 2.75) is 43.1 Å². The van der Waals surface area contributed by atoms with Crippen LogP contribution in [0.25, 0.3) is 0 Å². The summed E-state index contributed by atoms with van der Waals surface area (Å²) in [4.78, 5) is 14.4. The van der Waals surface area contributed by atoms with Crippen molar-refractivity contribution in [3.63, 3.8) is 0 Å². The first-order chi connectivity index (χ1) is 12.7. The van der Waals surface area contributed by atoms with E-state index in [0.29, 0.717) is 18.7 Å². The second-order valence-corrected chi connectivity index (χ2v) is 10.3. The van der Waals surface area contributed by atoms with E-state index in [4.69, 9.17) is 5.73 Å². The first kappa shape index (κ1) is 18.7. The van der Waals surface area contributed by atoms with Crippen molar-refractivity contribution in [1.82, 2.24) is 9.21 Å². The molecule has 1 amide bonds. The maximum Gasteiger partial charge on any atom is 0.305 e. The number of piperidine rings is 1. The van der Waals surface area contributed by atoms with Crippen LogP contribution in [0.4, 0.5) is 5.69 Å². The zero-order valence-corrected chi connectivity index (χ0v) is 16.8. The monoisotopic (exact) mass is 392 g/mol. The number of hydrogen-bond acceptors (Lipinski definition) is 4. The summed E-state index contributed by atoms with van der Waals surface area (Å²) in [6.07, 6.45) is 4.38. The average Bonchev–Trinajstić information content (AvgIpc) is 3.34. The molecule has 1 aromatic rings. The summed E-state index contributed by atoms with van der Waals surface area (Å²) in [5.41, 5.74) is 6.60. The highest BCUT2D eigenvalue weighted by Crippen LogP contribution is 2.49. The molecule has 0 radical (unpaired) electrons. The lowest BCUT2D eigenvalue weighted by atomic mass is 9.88. The van der Waals surface area contributed by atoms with Gasteiger partial charge >= 0.3 is 10.2 Å². The van der Waals surface area contributed by atoms with Gasteiger partial charge in [-0.3, -0.25) is 9.10 Å². The van der Waals surface area contributed by atoms with Gasteiger partial charge in [-0.25, -0.2) is 0 Å². The zero-order valence-electron chi connectivity index (χ0n) is 16.0. The molecule has 2 saturated heterocycles. The van der Waals surface area contributed by atoms with Gasteiger partial charge in [0.2, 0.25) is 5.91 Å². The maximum absolute atomic E-state index is 13.1. The first-order valence-corrected chi connectivity index (χ1v) is 11.0. The van der Waals surface area contributed by atoms with Gasteiger partial charge in [-0.05, 0) is 63.9 Å². The van der Waals surface area contributed by atoms with E-state index in [2.05, 4.69) is 19.0 Å². The van der Waals surface area contributed by atoms with Crippen LogP contribution < -0.4 is 10.0 Å². The fourth-order valence-corrected chi connectivity index (χ4v) is 6.81. The van der Waals surface area contributed by atoms with Crippen molar-refractivity contribution < 1.29 is 13.2 Å². The Labute approximate surface area is 161 Å². The molecule has 3 aliphatic rings. The van der Waals surface area contributed by atoms with E-state index in [1.54, 1.807) is 0 Å². The molecule has 1 aromatic carbocycles. The van der Waals surface area contributed by atoms with E-state index < -0.39 is 21.7 Å². The third-order valence-electron chi connectivity index (χ3n) is 6.34. The standard InChI is InChI=1S/C19H28N4O3S/c1-21(2)13-18(10-11-18)15-5-7-16(8-6-15)22-14-19(17(20)24)9-3-4-12-23(19)27(22,25)26/h5-8H,3-4,9-14H2,1-2H3,(H2,20,24)/t19-/m1/s1. The number of amides is 1. The number of fused-ring (bicyclic) bond motifs is 1. The molecule has 0 aromatic heterocycles. The number of anilines is 1. The SMILES string of the molecule is CN(C)CC1(c2ccc(N3C[C@@]4(C(N)=O)CCCCN4S3(=O)=O)cc2)CC1. The third kappa shape index (κ3) is 2.85. The zero-order chi connectivity index (χ0) is 19.4. The van der Waals surface area contributed by atoms with Gasteiger partial charge in [0.25, 0.3) is 0 Å². The van der Waals surface area contributed by atoms with Crippen LogP contribution in [0.2, 0.25) is 0 Å². The second kappa shape index (κ2) is 6.18. The summed E-state index contributed by atoms with van der Waals surface area (Å²) in [6, 6.07) is 7.82. The fourth-order valence-electron chi connectivity index (χ4n) is 4.77. The van der Waals surface area contributed by atoms with Crippen molar-refractivity contribution in [1.29, 1.82) is 0 Å². The molecule has 7 nitrogen and oxygen atoms in total. The molecule has 1 atom stereocenters. The summed E-state index contributed by atoms with van der Waals surface area (Å²) in [6.45, 7) is 1.45. The number of benzene rings is 1. The number of carbonyl (C=O) groups is 1. The van der Waals surface area contributed by atoms with E-state index >= 15 is 0 Å². The summed E-state index contributed by atoms with van der Waals surface area (Å²) < 4.78 is 28.9. The minimum absolute atomic E-state index is 0.104. The van der Waals surface area contributed by atoms with E-state index in [-0.39, 0.29) is 12.0 Å². The van der Waals surface area contributed by atoms with E-state index in [1.807, 2.05) is 24.3 Å². The largest absolute Gasteiger partial charge is 0.368 e. The lowest BCUT2D eigenvalue weighted by Gasteiger charge is -2.35. The smallest absolute Gasteiger partial charge is 0.305 e. The van der Waals surface area contributed by atoms with Crippen LogP contribution in [-0.2, 0) is 20.4 Å². The van der Waals surface area contributed by atoms with Crippen LogP contribution in [-0.4, -0.2) is 62.8 Å². The summed E-state index contributed by atoms with van der Waals surface area (Å²) in [5.74, 6) is -0.548. The van der Waals surface area contributed by atoms with Gasteiger partial charge in [0.15, 0.2) is 0 Å². The normalized spacial score (nSPS) is 28.9. The summed E-state index contributed by atoms with van der Waals surface area (Å²) in [5, 5.41) is 0. The van der Waals surface area contributed by atoms with Gasteiger partial charge in [0.05, 0.1) is 12.2 Å². The molecule has 1 saturated carbocycles. The molecule has 0 unspecified atom stereocenters. The topological polar surface area (TPSA) is 86.9 Å². The van der Waals surface area contributed by atoms with E-state index in [1.165, 1.54) is 14.2 Å². The summed E-state index contributed by atoms with van der Waals surface area (Å²) >= 11 is 0. The quantitative estimate of drug-likeness (QED) is 0.812. The van der Waals surface area contributed by atoms with Gasteiger partial charge in [-0.1, -0.05) is 12.1 Å². The lowest BCUT2D eigenvalue weighted by molar-refractivity contribution is -0.127. The number of hydrogen-bond donors (Lipinski definition) is 1. The van der Waals surface area contributed by atoms with Crippen LogP contribution in [0, 0.1) is 0 Å². The van der Waals surface area contributed by atoms with Gasteiger partial charge in [0.1, 0.15) is 5.54 Å². The number of carbonyl (C=O) groups excluding carboxylic acids is 1. The molecule has 148 valence electrons. The van der Waals surface area contributed by atoms with Crippen LogP contribution in [0.15, 0.2) is 24.3 Å². The molecule has 3 fully saturated rings. The highest BCUT2D eigenvalue weighted by molar-refractivity contribution is 7.90. The molecular weight excluding hydrogens is 364 g/mol. The Hall–Kier alpha value is -1.64. The summed E-state index contributed by atoms with van der Waals surface area (Å²) in [7, 11) is 0.410. The van der Waals surface area contributed by atoms with E-state index in [0.717, 1.165) is 32.2 Å². The molecule has 27 heavy (non-hydrogen) atoms. The van der Waals surface area contributed by atoms with Crippen LogP contribution in [0.5, 0.6) is 0 Å². The van der Waals surface area contributed by atoms with Crippen LogP contribution in [0.3, 0.4) is 0 Å². The molecule has 2 N–H and O–H groups in total. The van der Waals surface area contributed by atoms with Crippen molar-refractivity contribution in [3.8, 4) is 0 Å². The second-order valence-electron chi connectivity index (χ2n) is 8.50. The molecular formula is C19H28N4O3S. The Bertz CT molecular complexity index is 848. The number of nitrogens with two attached hydrogens (primary N) is 1. The number of nitrogens with zero attached hydrogens (tertiary/aromatic N) is 3. The van der Waals surface area contributed by atoms with Crippen LogP contribution in [0.1, 0.15) is 37.7 Å². The fraction of sp³-hybridized carbons (Fsp3) is 0.632. The van der Waals surface area contributed by atoms with Gasteiger partial charge in [-0.2, -0.15) is 12.7 Å². The maximum atomic E-state index is 13.1. The Morgan fingerprint density at radius 1 is 1.15 bits per heavy atom. The van der Waals surface area contributed by atoms with Crippen molar-refractivity contribution in [3.05, 3.63) is 29.8 Å². The molecule has 4 rings (SSSR count). The van der Waals surface area contributed by atoms with Gasteiger partial charge in [-0.15, -0.1) is 0 Å². The average molecular weight is 393 g/mol. The molecule has 2 heterocycles. The van der Waals surface area contributed by atoms with Crippen molar-refractivity contribution in [2.24, 2.45) is 5.73 Å². The first-order valence-electron chi connectivity index (χ1n) is 9.57. The third-order valence-corrected chi connectivity index (χ3v) is 8.33. The molecule has 1 aliphatic carbocycles. The molecule has 0 spiro atoms. The molecule has 0 bridgehead atoms. The van der Waals surface area contributed by atoms with Gasteiger partial charge < -0.3 is 10.6 Å². The number of primary amides is 1. The predicted octanol–water partition coefficient (Wildman–Crippen LogP) is 1.05. The van der Waals surface area contributed by atoms with Crippen molar-refractivity contribution >= 4 is 21.8 Å². The Kier molecular flexibility index (Phi) is 4.29. The lowest BCUT2D eigenvalue weighted by Crippen LogP contribution is -2.58. The minimum atomic E-state index is -3.74. The molecule has 8 heteroatoms. The van der Waals surface area contributed by atoms with Gasteiger partial charge in [0, 0.05) is 18.5 Å². The van der Waals surface area contributed by atoms with E-state index in [9.17, 15) is 13.2 Å². The number of rotatable bonds is 5. The molecule has 2 aliphatic heterocycles. The van der Waals surface area contributed by atoms with Crippen molar-refractivity contribution in [2.75, 3.05) is 38.0 Å². The van der Waals surface area contributed by atoms with Crippen LogP contribution >= 0.6 is 0 Å². The highest BCUT2D eigenvalue weighted by atomic mass is 32.2. The Balaban J connectivity index is 1.65. The Morgan fingerprint density at radius 3 is 2.33 bits per heavy atom. The predicted molar refractivity (Wildman–Crippen MR) is 105 cm³/mol. The highest BCUT2D eigenvalue weighted by Gasteiger charge is 2.59. The number of likely N-dealkylation sites (N-methyl/N-ethyl adjacent to an activating group) is 1. The minimum Gasteiger partial charge on any atom is -0.368 e. The Morgan fingerprint density at radius 2 is 1.81 bits per heavy atom.